The number of carbonyl (C=O) groups excluding carboxylic acids is 1. The van der Waals surface area contributed by atoms with Gasteiger partial charge in [0.15, 0.2) is 0 Å². The first-order valence-electron chi connectivity index (χ1n) is 10.6. The molecule has 2 heterocycles. The second-order valence-corrected chi connectivity index (χ2v) is 7.76. The Morgan fingerprint density at radius 3 is 2.55 bits per heavy atom. The number of hydrazone groups is 1. The molecule has 5 rings (SSSR count). The number of amides is 1. The van der Waals surface area contributed by atoms with Crippen LogP contribution in [0.1, 0.15) is 27.4 Å². The van der Waals surface area contributed by atoms with Gasteiger partial charge in [-0.1, -0.05) is 54.6 Å². The highest BCUT2D eigenvalue weighted by Gasteiger charge is 2.13. The Hall–Kier alpha value is -4.52. The summed E-state index contributed by atoms with van der Waals surface area (Å²) in [5.41, 5.74) is 8.15. The number of carbonyl (C=O) groups is 1. The number of rotatable bonds is 5. The van der Waals surface area contributed by atoms with Crippen molar-refractivity contribution in [3.8, 4) is 16.9 Å². The number of aromatic amines is 1. The number of H-pyrrole nitrogens is 1. The first kappa shape index (κ1) is 20.4. The van der Waals surface area contributed by atoms with Crippen LogP contribution in [0.25, 0.3) is 27.7 Å². The Labute approximate surface area is 190 Å². The molecule has 7 heteroatoms. The quantitative estimate of drug-likeness (QED) is 0.308. The van der Waals surface area contributed by atoms with E-state index < -0.39 is 0 Å². The number of aromatic nitrogens is 4. The Morgan fingerprint density at radius 2 is 1.73 bits per heavy atom. The Kier molecular flexibility index (Phi) is 5.28. The molecule has 0 aliphatic heterocycles. The second-order valence-electron chi connectivity index (χ2n) is 7.76. The average Bonchev–Trinajstić information content (AvgIpc) is 3.45. The monoisotopic (exact) mass is 434 g/mol. The van der Waals surface area contributed by atoms with Crippen molar-refractivity contribution in [2.24, 2.45) is 5.10 Å². The molecule has 0 saturated carbocycles. The van der Waals surface area contributed by atoms with Crippen molar-refractivity contribution in [3.05, 3.63) is 102 Å². The minimum absolute atomic E-state index is 0.337. The zero-order valence-electron chi connectivity index (χ0n) is 18.3. The van der Waals surface area contributed by atoms with E-state index in [1.807, 2.05) is 73.1 Å². The molecule has 0 saturated heterocycles. The topological polar surface area (TPSA) is 88.0 Å². The number of hydrogen-bond acceptors (Lipinski definition) is 4. The van der Waals surface area contributed by atoms with Crippen molar-refractivity contribution in [1.82, 2.24) is 25.4 Å². The van der Waals surface area contributed by atoms with Gasteiger partial charge in [0.2, 0.25) is 0 Å². The van der Waals surface area contributed by atoms with Crippen molar-refractivity contribution in [2.45, 2.75) is 13.8 Å². The predicted molar refractivity (Wildman–Crippen MR) is 130 cm³/mol. The molecule has 33 heavy (non-hydrogen) atoms. The molecular weight excluding hydrogens is 412 g/mol. The molecule has 0 atom stereocenters. The van der Waals surface area contributed by atoms with Gasteiger partial charge in [0.25, 0.3) is 5.91 Å². The van der Waals surface area contributed by atoms with Crippen LogP contribution >= 0.6 is 0 Å². The fourth-order valence-corrected chi connectivity index (χ4v) is 3.81. The van der Waals surface area contributed by atoms with E-state index in [4.69, 9.17) is 0 Å². The molecule has 0 aliphatic rings. The van der Waals surface area contributed by atoms with Gasteiger partial charge in [0.1, 0.15) is 5.69 Å². The van der Waals surface area contributed by atoms with Gasteiger partial charge in [-0.25, -0.2) is 10.1 Å². The van der Waals surface area contributed by atoms with Crippen molar-refractivity contribution >= 4 is 22.9 Å². The molecule has 7 nitrogen and oxygen atoms in total. The van der Waals surface area contributed by atoms with Crippen molar-refractivity contribution < 1.29 is 4.79 Å². The molecule has 0 aliphatic carbocycles. The summed E-state index contributed by atoms with van der Waals surface area (Å²) in [6.45, 7) is 3.89. The summed E-state index contributed by atoms with van der Waals surface area (Å²) in [4.78, 5) is 12.6. The molecule has 3 aromatic carbocycles. The van der Waals surface area contributed by atoms with Crippen LogP contribution in [-0.2, 0) is 0 Å². The molecule has 0 radical (unpaired) electrons. The lowest BCUT2D eigenvalue weighted by Gasteiger charge is -2.03. The normalized spacial score (nSPS) is 11.3. The molecule has 1 amide bonds. The maximum absolute atomic E-state index is 12.6. The number of aryl methyl sites for hydroxylation is 1. The van der Waals surface area contributed by atoms with Crippen LogP contribution in [-0.4, -0.2) is 32.1 Å². The van der Waals surface area contributed by atoms with Gasteiger partial charge in [-0.2, -0.15) is 15.3 Å². The maximum Gasteiger partial charge on any atom is 0.289 e. The summed E-state index contributed by atoms with van der Waals surface area (Å²) in [7, 11) is 0. The van der Waals surface area contributed by atoms with E-state index in [0.717, 1.165) is 39.0 Å². The van der Waals surface area contributed by atoms with Crippen molar-refractivity contribution in [2.75, 3.05) is 0 Å². The lowest BCUT2D eigenvalue weighted by Crippen LogP contribution is -2.18. The highest BCUT2D eigenvalue weighted by molar-refractivity contribution is 5.95. The smallest absolute Gasteiger partial charge is 0.272 e. The van der Waals surface area contributed by atoms with Crippen molar-refractivity contribution in [3.63, 3.8) is 0 Å². The maximum atomic E-state index is 12.6. The molecule has 5 aromatic rings. The van der Waals surface area contributed by atoms with E-state index in [1.165, 1.54) is 0 Å². The van der Waals surface area contributed by atoms with E-state index >= 15 is 0 Å². The second kappa shape index (κ2) is 8.55. The van der Waals surface area contributed by atoms with E-state index in [9.17, 15) is 4.79 Å². The molecule has 0 spiro atoms. The van der Waals surface area contributed by atoms with Crippen LogP contribution in [0, 0.1) is 13.8 Å². The molecule has 2 aromatic heterocycles. The molecule has 0 bridgehead atoms. The van der Waals surface area contributed by atoms with E-state index in [2.05, 4.69) is 44.0 Å². The summed E-state index contributed by atoms with van der Waals surface area (Å²) in [6.07, 6.45) is 1.62. The summed E-state index contributed by atoms with van der Waals surface area (Å²) >= 11 is 0. The fourth-order valence-electron chi connectivity index (χ4n) is 3.81. The lowest BCUT2D eigenvalue weighted by atomic mass is 10.1. The first-order valence-corrected chi connectivity index (χ1v) is 10.6. The third kappa shape index (κ3) is 4.04. The molecule has 0 unspecified atom stereocenters. The van der Waals surface area contributed by atoms with Gasteiger partial charge >= 0.3 is 0 Å². The molecule has 2 N–H and O–H groups in total. The summed E-state index contributed by atoms with van der Waals surface area (Å²) in [6, 6.07) is 25.8. The average molecular weight is 435 g/mol. The summed E-state index contributed by atoms with van der Waals surface area (Å²) < 4.78 is 1.86. The SMILES string of the molecule is Cc1nn(-c2ccccc2)c(C)c1/C=N\NC(=O)c1cc(-c2ccc3ccccc3c2)n[nH]1. The first-order chi connectivity index (χ1) is 16.1. The molecule has 0 fully saturated rings. The minimum Gasteiger partial charge on any atom is -0.272 e. The van der Waals surface area contributed by atoms with Gasteiger partial charge in [0, 0.05) is 11.1 Å². The Bertz CT molecular complexity index is 1480. The lowest BCUT2D eigenvalue weighted by molar-refractivity contribution is 0.0950. The summed E-state index contributed by atoms with van der Waals surface area (Å²) in [5, 5.41) is 18.1. The summed E-state index contributed by atoms with van der Waals surface area (Å²) in [5.74, 6) is -0.364. The zero-order chi connectivity index (χ0) is 22.8. The highest BCUT2D eigenvalue weighted by atomic mass is 16.2. The van der Waals surface area contributed by atoms with Crippen LogP contribution in [0.15, 0.2) is 84.0 Å². The zero-order valence-corrected chi connectivity index (χ0v) is 18.3. The molecule has 162 valence electrons. The molecular formula is C26H22N6O. The van der Waals surface area contributed by atoms with E-state index in [0.29, 0.717) is 11.4 Å². The third-order valence-electron chi connectivity index (χ3n) is 5.58. The van der Waals surface area contributed by atoms with Crippen LogP contribution in [0.5, 0.6) is 0 Å². The van der Waals surface area contributed by atoms with Crippen LogP contribution in [0.2, 0.25) is 0 Å². The van der Waals surface area contributed by atoms with E-state index in [-0.39, 0.29) is 5.91 Å². The van der Waals surface area contributed by atoms with Gasteiger partial charge in [-0.3, -0.25) is 9.89 Å². The largest absolute Gasteiger partial charge is 0.289 e. The van der Waals surface area contributed by atoms with Gasteiger partial charge in [-0.15, -0.1) is 0 Å². The van der Waals surface area contributed by atoms with E-state index in [1.54, 1.807) is 12.3 Å². The minimum atomic E-state index is -0.364. The van der Waals surface area contributed by atoms with Gasteiger partial charge in [0.05, 0.1) is 29.0 Å². The number of nitrogens with zero attached hydrogens (tertiary/aromatic N) is 4. The van der Waals surface area contributed by atoms with Crippen molar-refractivity contribution in [1.29, 1.82) is 0 Å². The number of hydrogen-bond donors (Lipinski definition) is 2. The number of fused-ring (bicyclic) bond motifs is 1. The Balaban J connectivity index is 1.31. The number of para-hydroxylation sites is 1. The van der Waals surface area contributed by atoms with Gasteiger partial charge < -0.3 is 0 Å². The van der Waals surface area contributed by atoms with Crippen LogP contribution in [0.3, 0.4) is 0 Å². The number of nitrogens with one attached hydrogen (secondary N) is 2. The fraction of sp³-hybridized carbons (Fsp3) is 0.0769. The predicted octanol–water partition coefficient (Wildman–Crippen LogP) is 4.80. The van der Waals surface area contributed by atoms with Crippen LogP contribution in [0.4, 0.5) is 0 Å². The highest BCUT2D eigenvalue weighted by Crippen LogP contribution is 2.23. The van der Waals surface area contributed by atoms with Gasteiger partial charge in [-0.05, 0) is 48.9 Å². The number of benzene rings is 3. The Morgan fingerprint density at radius 1 is 0.970 bits per heavy atom. The van der Waals surface area contributed by atoms with Crippen LogP contribution < -0.4 is 5.43 Å². The third-order valence-corrected chi connectivity index (χ3v) is 5.58. The standard InChI is InChI=1S/C26H22N6O/c1-17-23(18(2)32(31-17)22-10-4-3-5-11-22)16-27-30-26(33)25-15-24(28-29-25)21-13-12-19-8-6-7-9-20(19)14-21/h3-16H,1-2H3,(H,28,29)(H,30,33)/b27-16-.